The predicted molar refractivity (Wildman–Crippen MR) is 117 cm³/mol. The van der Waals surface area contributed by atoms with Gasteiger partial charge in [0, 0.05) is 32.4 Å². The molecule has 1 saturated heterocycles. The van der Waals surface area contributed by atoms with Crippen molar-refractivity contribution in [2.45, 2.75) is 43.9 Å². The number of sulfone groups is 1. The Balaban J connectivity index is 0.00000243. The lowest BCUT2D eigenvalue weighted by Gasteiger charge is -2.38. The lowest BCUT2D eigenvalue weighted by molar-refractivity contribution is 0.151. The van der Waals surface area contributed by atoms with E-state index in [1.807, 2.05) is 12.1 Å². The fourth-order valence-corrected chi connectivity index (χ4v) is 4.45. The molecule has 0 unspecified atom stereocenters. The van der Waals surface area contributed by atoms with Gasteiger partial charge in [-0.15, -0.1) is 24.0 Å². The Bertz CT molecular complexity index is 728. The molecule has 5 nitrogen and oxygen atoms in total. The minimum absolute atomic E-state index is 0. The molecule has 0 atom stereocenters. The average molecular weight is 491 g/mol. The summed E-state index contributed by atoms with van der Waals surface area (Å²) in [7, 11) is -3.12. The first-order valence-electron chi connectivity index (χ1n) is 9.24. The molecule has 1 aromatic rings. The molecule has 1 aliphatic carbocycles. The molecule has 0 amide bonds. The smallest absolute Gasteiger partial charge is 0.193 e. The van der Waals surface area contributed by atoms with Gasteiger partial charge in [0.1, 0.15) is 0 Å². The molecule has 26 heavy (non-hydrogen) atoms. The third-order valence-electron chi connectivity index (χ3n) is 5.50. The maximum absolute atomic E-state index is 11.5. The molecule has 146 valence electrons. The van der Waals surface area contributed by atoms with Crippen LogP contribution < -0.4 is 5.32 Å². The summed E-state index contributed by atoms with van der Waals surface area (Å²) < 4.78 is 23.0. The highest BCUT2D eigenvalue weighted by Gasteiger charge is 2.43. The normalized spacial score (nSPS) is 19.2. The van der Waals surface area contributed by atoms with E-state index in [9.17, 15) is 8.42 Å². The van der Waals surface area contributed by atoms with Crippen LogP contribution in [0, 0.1) is 5.41 Å². The number of guanidine groups is 1. The zero-order valence-electron chi connectivity index (χ0n) is 15.7. The number of hydrogen-bond acceptors (Lipinski definition) is 3. The van der Waals surface area contributed by atoms with Gasteiger partial charge in [-0.05, 0) is 55.7 Å². The second kappa shape index (κ2) is 8.91. The number of hydrogen-bond donors (Lipinski definition) is 1. The number of aliphatic imine (C=N–C) groups is 1. The van der Waals surface area contributed by atoms with Crippen molar-refractivity contribution >= 4 is 39.8 Å². The van der Waals surface area contributed by atoms with E-state index in [4.69, 9.17) is 4.99 Å². The van der Waals surface area contributed by atoms with Gasteiger partial charge in [0.2, 0.25) is 0 Å². The molecule has 1 aromatic carbocycles. The predicted octanol–water partition coefficient (Wildman–Crippen LogP) is 3.09. The van der Waals surface area contributed by atoms with Gasteiger partial charge in [0.05, 0.1) is 4.90 Å². The van der Waals surface area contributed by atoms with Crippen molar-refractivity contribution in [2.24, 2.45) is 10.4 Å². The Morgan fingerprint density at radius 3 is 2.42 bits per heavy atom. The fraction of sp³-hybridized carbons (Fsp3) is 0.632. The van der Waals surface area contributed by atoms with Crippen molar-refractivity contribution in [3.63, 3.8) is 0 Å². The van der Waals surface area contributed by atoms with Crippen LogP contribution in [0.1, 0.15) is 38.2 Å². The molecule has 0 aromatic heterocycles. The summed E-state index contributed by atoms with van der Waals surface area (Å²) in [6, 6.07) is 7.14. The Hall–Kier alpha value is -0.830. The monoisotopic (exact) mass is 491 g/mol. The van der Waals surface area contributed by atoms with E-state index in [-0.39, 0.29) is 24.0 Å². The first-order valence-corrected chi connectivity index (χ1v) is 11.1. The van der Waals surface area contributed by atoms with Crippen molar-refractivity contribution in [2.75, 3.05) is 32.4 Å². The number of likely N-dealkylation sites (tertiary alicyclic amines) is 1. The largest absolute Gasteiger partial charge is 0.357 e. The van der Waals surface area contributed by atoms with Crippen molar-refractivity contribution in [3.05, 3.63) is 29.8 Å². The average Bonchev–Trinajstić information content (AvgIpc) is 2.99. The van der Waals surface area contributed by atoms with Gasteiger partial charge < -0.3 is 10.2 Å². The molecule has 2 fully saturated rings. The zero-order valence-corrected chi connectivity index (χ0v) is 18.8. The molecule has 1 saturated carbocycles. The SMILES string of the molecule is CCNC(=NCCc1ccc(S(C)(=O)=O)cc1)N1CCC2(CCC2)C1.I. The van der Waals surface area contributed by atoms with Crippen LogP contribution in [0.3, 0.4) is 0 Å². The molecule has 1 aliphatic heterocycles. The minimum Gasteiger partial charge on any atom is -0.357 e. The molecule has 1 spiro atoms. The number of nitrogens with one attached hydrogen (secondary N) is 1. The summed E-state index contributed by atoms with van der Waals surface area (Å²) in [6.07, 6.45) is 7.47. The summed E-state index contributed by atoms with van der Waals surface area (Å²) in [4.78, 5) is 7.58. The molecular weight excluding hydrogens is 461 g/mol. The lowest BCUT2D eigenvalue weighted by atomic mass is 9.68. The molecule has 1 heterocycles. The maximum Gasteiger partial charge on any atom is 0.193 e. The van der Waals surface area contributed by atoms with E-state index in [0.29, 0.717) is 16.9 Å². The van der Waals surface area contributed by atoms with E-state index in [0.717, 1.165) is 37.6 Å². The van der Waals surface area contributed by atoms with E-state index >= 15 is 0 Å². The zero-order chi connectivity index (χ0) is 17.9. The Morgan fingerprint density at radius 1 is 1.23 bits per heavy atom. The van der Waals surface area contributed by atoms with Crippen LogP contribution in [-0.4, -0.2) is 51.7 Å². The van der Waals surface area contributed by atoms with Crippen LogP contribution in [0.15, 0.2) is 34.2 Å². The summed E-state index contributed by atoms with van der Waals surface area (Å²) in [5, 5.41) is 3.42. The number of nitrogens with zero attached hydrogens (tertiary/aromatic N) is 2. The van der Waals surface area contributed by atoms with Crippen molar-refractivity contribution < 1.29 is 8.42 Å². The van der Waals surface area contributed by atoms with Crippen LogP contribution in [0.2, 0.25) is 0 Å². The molecule has 0 bridgehead atoms. The second-order valence-electron chi connectivity index (χ2n) is 7.43. The lowest BCUT2D eigenvalue weighted by Crippen LogP contribution is -2.42. The molecule has 3 rings (SSSR count). The first kappa shape index (κ1) is 21.5. The molecule has 2 aliphatic rings. The summed E-state index contributed by atoms with van der Waals surface area (Å²) in [5.41, 5.74) is 1.68. The van der Waals surface area contributed by atoms with E-state index in [1.54, 1.807) is 12.1 Å². The number of rotatable bonds is 5. The van der Waals surface area contributed by atoms with Crippen molar-refractivity contribution in [3.8, 4) is 0 Å². The van der Waals surface area contributed by atoms with E-state index in [2.05, 4.69) is 17.1 Å². The van der Waals surface area contributed by atoms with Gasteiger partial charge in [-0.25, -0.2) is 8.42 Å². The van der Waals surface area contributed by atoms with Crippen molar-refractivity contribution in [1.82, 2.24) is 10.2 Å². The highest BCUT2D eigenvalue weighted by Crippen LogP contribution is 2.47. The van der Waals surface area contributed by atoms with Crippen LogP contribution in [-0.2, 0) is 16.3 Å². The molecule has 7 heteroatoms. The van der Waals surface area contributed by atoms with Gasteiger partial charge in [-0.1, -0.05) is 18.6 Å². The topological polar surface area (TPSA) is 61.8 Å². The highest BCUT2D eigenvalue weighted by atomic mass is 127. The molecular formula is C19H30IN3O2S. The summed E-state index contributed by atoms with van der Waals surface area (Å²) >= 11 is 0. The standard InChI is InChI=1S/C19H29N3O2S.HI/c1-3-20-18(22-14-12-19(15-22)10-4-11-19)21-13-9-16-5-7-17(8-6-16)25(2,23)24;/h5-8H,3-4,9-15H2,1-2H3,(H,20,21);1H. The highest BCUT2D eigenvalue weighted by molar-refractivity contribution is 14.0. The first-order chi connectivity index (χ1) is 11.9. The maximum atomic E-state index is 11.5. The van der Waals surface area contributed by atoms with Crippen LogP contribution >= 0.6 is 24.0 Å². The van der Waals surface area contributed by atoms with Gasteiger partial charge in [-0.2, -0.15) is 0 Å². The molecule has 1 N–H and O–H groups in total. The minimum atomic E-state index is -3.12. The van der Waals surface area contributed by atoms with Gasteiger partial charge in [-0.3, -0.25) is 4.99 Å². The van der Waals surface area contributed by atoms with Gasteiger partial charge >= 0.3 is 0 Å². The number of halogens is 1. The number of benzene rings is 1. The third kappa shape index (κ3) is 5.12. The summed E-state index contributed by atoms with van der Waals surface area (Å²) in [6.45, 7) is 5.95. The van der Waals surface area contributed by atoms with Gasteiger partial charge in [0.25, 0.3) is 0 Å². The second-order valence-corrected chi connectivity index (χ2v) is 9.44. The molecule has 0 radical (unpaired) electrons. The third-order valence-corrected chi connectivity index (χ3v) is 6.63. The fourth-order valence-electron chi connectivity index (χ4n) is 3.82. The van der Waals surface area contributed by atoms with Crippen LogP contribution in [0.4, 0.5) is 0 Å². The van der Waals surface area contributed by atoms with E-state index in [1.165, 1.54) is 31.9 Å². The van der Waals surface area contributed by atoms with E-state index < -0.39 is 9.84 Å². The van der Waals surface area contributed by atoms with Crippen molar-refractivity contribution in [1.29, 1.82) is 0 Å². The Morgan fingerprint density at radius 2 is 1.92 bits per heavy atom. The van der Waals surface area contributed by atoms with Crippen LogP contribution in [0.25, 0.3) is 0 Å². The van der Waals surface area contributed by atoms with Crippen LogP contribution in [0.5, 0.6) is 0 Å². The summed E-state index contributed by atoms with van der Waals surface area (Å²) in [5.74, 6) is 1.03. The quantitative estimate of drug-likeness (QED) is 0.391. The Kier molecular flexibility index (Phi) is 7.35. The van der Waals surface area contributed by atoms with Gasteiger partial charge in [0.15, 0.2) is 15.8 Å². The Labute approximate surface area is 174 Å².